The summed E-state index contributed by atoms with van der Waals surface area (Å²) < 4.78 is 85.2. The fourth-order valence-electron chi connectivity index (χ4n) is 2.21. The maximum absolute atomic E-state index is 12.9. The van der Waals surface area contributed by atoms with Crippen molar-refractivity contribution < 1.29 is 40.6 Å². The van der Waals surface area contributed by atoms with Gasteiger partial charge in [0.2, 0.25) is 5.91 Å². The summed E-state index contributed by atoms with van der Waals surface area (Å²) in [7, 11) is 1.46. The molecule has 0 atom stereocenters. The molecule has 2 aromatic carbocycles. The maximum atomic E-state index is 12.9. The molecule has 152 valence electrons. The molecule has 4 nitrogen and oxygen atoms in total. The fourth-order valence-corrected chi connectivity index (χ4v) is 2.21. The Morgan fingerprint density at radius 1 is 1.00 bits per heavy atom. The molecule has 0 aliphatic heterocycles. The van der Waals surface area contributed by atoms with E-state index >= 15 is 0 Å². The zero-order valence-electron chi connectivity index (χ0n) is 14.4. The Morgan fingerprint density at radius 3 is 2.18 bits per heavy atom. The van der Waals surface area contributed by atoms with Crippen LogP contribution in [0.25, 0.3) is 0 Å². The predicted octanol–water partition coefficient (Wildman–Crippen LogP) is 4.84. The van der Waals surface area contributed by atoms with Crippen molar-refractivity contribution in [2.75, 3.05) is 19.0 Å². The van der Waals surface area contributed by atoms with Crippen molar-refractivity contribution in [3.8, 4) is 11.5 Å². The Hall–Kier alpha value is -2.91. The Morgan fingerprint density at radius 2 is 1.64 bits per heavy atom. The number of rotatable bonds is 6. The lowest BCUT2D eigenvalue weighted by Crippen LogP contribution is -2.21. The second-order valence-corrected chi connectivity index (χ2v) is 5.69. The molecule has 2 aromatic rings. The first kappa shape index (κ1) is 21.4. The van der Waals surface area contributed by atoms with E-state index in [4.69, 9.17) is 4.74 Å². The van der Waals surface area contributed by atoms with E-state index in [1.165, 1.54) is 7.11 Å². The summed E-state index contributed by atoms with van der Waals surface area (Å²) >= 11 is 0. The van der Waals surface area contributed by atoms with E-state index in [0.717, 1.165) is 6.07 Å². The van der Waals surface area contributed by atoms with Crippen molar-refractivity contribution >= 4 is 11.6 Å². The van der Waals surface area contributed by atoms with Gasteiger partial charge in [-0.3, -0.25) is 4.79 Å². The van der Waals surface area contributed by atoms with Gasteiger partial charge in [-0.1, -0.05) is 12.1 Å². The molecular weight excluding hydrogens is 392 g/mol. The number of carbonyl (C=O) groups is 1. The topological polar surface area (TPSA) is 47.6 Å². The number of benzene rings is 2. The summed E-state index contributed by atoms with van der Waals surface area (Å²) in [6.45, 7) is -1.71. The number of methoxy groups -OCH3 is 1. The molecule has 28 heavy (non-hydrogen) atoms. The Bertz CT molecular complexity index is 816. The predicted molar refractivity (Wildman–Crippen MR) is 88.3 cm³/mol. The van der Waals surface area contributed by atoms with Gasteiger partial charge in [-0.2, -0.15) is 26.3 Å². The summed E-state index contributed by atoms with van der Waals surface area (Å²) in [5.74, 6) is -0.695. The van der Waals surface area contributed by atoms with Crippen molar-refractivity contribution in [3.63, 3.8) is 0 Å². The summed E-state index contributed by atoms with van der Waals surface area (Å²) in [6.07, 6.45) is -9.63. The minimum Gasteiger partial charge on any atom is -0.497 e. The van der Waals surface area contributed by atoms with Gasteiger partial charge in [0.05, 0.1) is 24.8 Å². The van der Waals surface area contributed by atoms with Crippen LogP contribution in [0, 0.1) is 0 Å². The van der Waals surface area contributed by atoms with Crippen LogP contribution >= 0.6 is 0 Å². The number of alkyl halides is 6. The molecule has 0 fully saturated rings. The van der Waals surface area contributed by atoms with Crippen LogP contribution < -0.4 is 14.8 Å². The number of ether oxygens (including phenoxy) is 2. The maximum Gasteiger partial charge on any atom is 0.422 e. The van der Waals surface area contributed by atoms with Gasteiger partial charge >= 0.3 is 12.4 Å². The molecule has 0 saturated carbocycles. The van der Waals surface area contributed by atoms with Gasteiger partial charge in [-0.25, -0.2) is 0 Å². The number of amides is 1. The van der Waals surface area contributed by atoms with Crippen LogP contribution in [-0.4, -0.2) is 25.8 Å². The molecule has 2 rings (SSSR count). The van der Waals surface area contributed by atoms with Gasteiger partial charge in [0.15, 0.2) is 6.61 Å². The molecule has 0 spiro atoms. The minimum atomic E-state index is -4.74. The molecule has 0 heterocycles. The van der Waals surface area contributed by atoms with E-state index in [-0.39, 0.29) is 6.42 Å². The van der Waals surface area contributed by atoms with Gasteiger partial charge in [0, 0.05) is 0 Å². The smallest absolute Gasteiger partial charge is 0.422 e. The van der Waals surface area contributed by atoms with Crippen LogP contribution in [0.3, 0.4) is 0 Å². The first-order valence-electron chi connectivity index (χ1n) is 7.81. The largest absolute Gasteiger partial charge is 0.497 e. The van der Waals surface area contributed by atoms with E-state index in [1.54, 1.807) is 24.3 Å². The lowest BCUT2D eigenvalue weighted by atomic mass is 10.1. The van der Waals surface area contributed by atoms with E-state index in [0.29, 0.717) is 23.4 Å². The van der Waals surface area contributed by atoms with Gasteiger partial charge in [0.25, 0.3) is 0 Å². The summed E-state index contributed by atoms with van der Waals surface area (Å²) in [5, 5.41) is 2.17. The van der Waals surface area contributed by atoms with E-state index in [2.05, 4.69) is 10.1 Å². The number of halogens is 6. The molecule has 0 bridgehead atoms. The third kappa shape index (κ3) is 6.36. The molecule has 0 aromatic heterocycles. The van der Waals surface area contributed by atoms with Crippen LogP contribution in [0.5, 0.6) is 11.5 Å². The number of anilines is 1. The molecule has 0 radical (unpaired) electrons. The number of carbonyl (C=O) groups excluding carboxylic acids is 1. The average molecular weight is 407 g/mol. The van der Waals surface area contributed by atoms with Crippen LogP contribution in [0.4, 0.5) is 32.0 Å². The zero-order chi connectivity index (χ0) is 20.9. The second-order valence-electron chi connectivity index (χ2n) is 5.69. The molecule has 0 unspecified atom stereocenters. The second kappa shape index (κ2) is 8.41. The average Bonchev–Trinajstić information content (AvgIpc) is 2.59. The van der Waals surface area contributed by atoms with Crippen LogP contribution in [0.1, 0.15) is 11.1 Å². The Labute approximate surface area is 156 Å². The summed E-state index contributed by atoms with van der Waals surface area (Å²) in [5.41, 5.74) is -1.10. The SMILES string of the molecule is COc1ccc(CC(=O)Nc2cc(C(F)(F)F)ccc2OCC(F)(F)F)cc1. The molecule has 0 aliphatic rings. The lowest BCUT2D eigenvalue weighted by Gasteiger charge is -2.16. The number of nitrogens with one attached hydrogen (secondary N) is 1. The number of hydrogen-bond acceptors (Lipinski definition) is 3. The number of hydrogen-bond donors (Lipinski definition) is 1. The monoisotopic (exact) mass is 407 g/mol. The highest BCUT2D eigenvalue weighted by Crippen LogP contribution is 2.35. The highest BCUT2D eigenvalue weighted by Gasteiger charge is 2.32. The van der Waals surface area contributed by atoms with Gasteiger partial charge < -0.3 is 14.8 Å². The van der Waals surface area contributed by atoms with Crippen molar-refractivity contribution in [2.24, 2.45) is 0 Å². The van der Waals surface area contributed by atoms with E-state index in [9.17, 15) is 31.1 Å². The molecule has 0 aliphatic carbocycles. The third-order valence-electron chi connectivity index (χ3n) is 3.50. The van der Waals surface area contributed by atoms with Gasteiger partial charge in [-0.15, -0.1) is 0 Å². The third-order valence-corrected chi connectivity index (χ3v) is 3.50. The minimum absolute atomic E-state index is 0.209. The zero-order valence-corrected chi connectivity index (χ0v) is 14.4. The molecule has 0 saturated heterocycles. The molecule has 1 amide bonds. The van der Waals surface area contributed by atoms with Crippen LogP contribution in [0.2, 0.25) is 0 Å². The first-order valence-corrected chi connectivity index (χ1v) is 7.81. The van der Waals surface area contributed by atoms with Crippen molar-refractivity contribution in [1.29, 1.82) is 0 Å². The van der Waals surface area contributed by atoms with Gasteiger partial charge in [-0.05, 0) is 35.9 Å². The molecule has 10 heteroatoms. The first-order chi connectivity index (χ1) is 13.0. The van der Waals surface area contributed by atoms with Crippen molar-refractivity contribution in [2.45, 2.75) is 18.8 Å². The standard InChI is InChI=1S/C18H15F6NO3/c1-27-13-5-2-11(3-6-13)8-16(26)25-14-9-12(18(22,23)24)4-7-15(14)28-10-17(19,20)21/h2-7,9H,8,10H2,1H3,(H,25,26). The highest BCUT2D eigenvalue weighted by atomic mass is 19.4. The quantitative estimate of drug-likeness (QED) is 0.698. The molecular formula is C18H15F6NO3. The van der Waals surface area contributed by atoms with E-state index < -0.39 is 41.9 Å². The van der Waals surface area contributed by atoms with Crippen LogP contribution in [-0.2, 0) is 17.4 Å². The van der Waals surface area contributed by atoms with E-state index in [1.807, 2.05) is 0 Å². The van der Waals surface area contributed by atoms with Crippen molar-refractivity contribution in [3.05, 3.63) is 53.6 Å². The normalized spacial score (nSPS) is 11.8. The fraction of sp³-hybridized carbons (Fsp3) is 0.278. The molecule has 1 N–H and O–H groups in total. The highest BCUT2D eigenvalue weighted by molar-refractivity contribution is 5.93. The summed E-state index contributed by atoms with van der Waals surface area (Å²) in [6, 6.07) is 8.16. The lowest BCUT2D eigenvalue weighted by molar-refractivity contribution is -0.153. The van der Waals surface area contributed by atoms with Gasteiger partial charge in [0.1, 0.15) is 11.5 Å². The Kier molecular flexibility index (Phi) is 6.42. The van der Waals surface area contributed by atoms with Crippen LogP contribution in [0.15, 0.2) is 42.5 Å². The van der Waals surface area contributed by atoms with Crippen molar-refractivity contribution in [1.82, 2.24) is 0 Å². The summed E-state index contributed by atoms with van der Waals surface area (Å²) in [4.78, 5) is 12.1. The Balaban J connectivity index is 2.20.